The van der Waals surface area contributed by atoms with Gasteiger partial charge in [-0.15, -0.1) is 0 Å². The lowest BCUT2D eigenvalue weighted by atomic mass is 9.57. The molecular weight excluding hydrogens is 978 g/mol. The summed E-state index contributed by atoms with van der Waals surface area (Å²) in [5, 5.41) is 6.31. The van der Waals surface area contributed by atoms with Gasteiger partial charge >= 0.3 is 0 Å². The van der Waals surface area contributed by atoms with E-state index >= 15 is 0 Å². The quantitative estimate of drug-likeness (QED) is 0.123. The Bertz CT molecular complexity index is 4290. The van der Waals surface area contributed by atoms with Gasteiger partial charge < -0.3 is 15.1 Å². The fourth-order valence-electron chi connectivity index (χ4n) is 11.8. The fraction of sp³-hybridized carbons (Fsp3) is 0.0130. The summed E-state index contributed by atoms with van der Waals surface area (Å²) < 4.78 is 0. The molecule has 0 atom stereocenters. The molecule has 0 bridgehead atoms. The van der Waals surface area contributed by atoms with Gasteiger partial charge in [0, 0.05) is 51.1 Å². The van der Waals surface area contributed by atoms with Crippen LogP contribution in [0.3, 0.4) is 0 Å². The molecule has 81 heavy (non-hydrogen) atoms. The van der Waals surface area contributed by atoms with Crippen LogP contribution in [-0.2, 0) is 0 Å². The zero-order valence-corrected chi connectivity index (χ0v) is 44.9. The van der Waals surface area contributed by atoms with E-state index in [0.29, 0.717) is 0 Å². The van der Waals surface area contributed by atoms with Gasteiger partial charge in [0.05, 0.1) is 0 Å². The van der Waals surface area contributed by atoms with E-state index in [4.69, 9.17) is 0 Å². The molecule has 0 spiro atoms. The van der Waals surface area contributed by atoms with E-state index in [1.54, 1.807) is 0 Å². The molecule has 13 aromatic carbocycles. The molecular formula is C77H55BN3. The zero-order valence-electron chi connectivity index (χ0n) is 44.9. The Morgan fingerprint density at radius 1 is 0.333 bits per heavy atom. The lowest BCUT2D eigenvalue weighted by molar-refractivity contribution is 1.25. The van der Waals surface area contributed by atoms with Crippen molar-refractivity contribution in [3.05, 3.63) is 315 Å². The van der Waals surface area contributed by atoms with Gasteiger partial charge in [-0.1, -0.05) is 230 Å². The van der Waals surface area contributed by atoms with Crippen molar-refractivity contribution in [2.45, 2.75) is 6.92 Å². The van der Waals surface area contributed by atoms with Crippen LogP contribution in [0, 0.1) is 6.92 Å². The normalized spacial score (nSPS) is 11.6. The van der Waals surface area contributed by atoms with Crippen molar-refractivity contribution in [1.82, 2.24) is 0 Å². The maximum absolute atomic E-state index is 3.98. The third kappa shape index (κ3) is 9.64. The highest BCUT2D eigenvalue weighted by Crippen LogP contribution is 2.46. The molecule has 0 aliphatic carbocycles. The largest absolute Gasteiger partial charge is 0.355 e. The molecule has 13 aromatic rings. The highest BCUT2D eigenvalue weighted by Gasteiger charge is 2.31. The minimum atomic E-state index is 1.02. The van der Waals surface area contributed by atoms with Gasteiger partial charge in [-0.05, 0) is 175 Å². The Morgan fingerprint density at radius 3 is 1.35 bits per heavy atom. The van der Waals surface area contributed by atoms with Crippen molar-refractivity contribution in [3.63, 3.8) is 0 Å². The van der Waals surface area contributed by atoms with Crippen LogP contribution in [0.5, 0.6) is 0 Å². The predicted octanol–water partition coefficient (Wildman–Crippen LogP) is 19.8. The monoisotopic (exact) mass is 1030 g/mol. The van der Waals surface area contributed by atoms with E-state index in [2.05, 4.69) is 339 Å². The van der Waals surface area contributed by atoms with E-state index in [1.165, 1.54) is 49.9 Å². The summed E-state index contributed by atoms with van der Waals surface area (Å²) >= 11 is 0. The van der Waals surface area contributed by atoms with E-state index in [-0.39, 0.29) is 0 Å². The molecule has 381 valence electrons. The average molecular weight is 1030 g/mol. The number of hydrogen-bond acceptors (Lipinski definition) is 3. The van der Waals surface area contributed by atoms with Gasteiger partial charge in [0.25, 0.3) is 0 Å². The van der Waals surface area contributed by atoms with E-state index in [9.17, 15) is 0 Å². The van der Waals surface area contributed by atoms with Crippen LogP contribution in [-0.4, -0.2) is 7.28 Å². The van der Waals surface area contributed by atoms with Gasteiger partial charge in [-0.3, -0.25) is 0 Å². The molecule has 4 heteroatoms. The second kappa shape index (κ2) is 21.4. The molecule has 0 saturated carbocycles. The van der Waals surface area contributed by atoms with Crippen LogP contribution in [0.25, 0.3) is 77.5 Å². The van der Waals surface area contributed by atoms with Gasteiger partial charge in [-0.2, -0.15) is 0 Å². The molecule has 1 heterocycles. The lowest BCUT2D eigenvalue weighted by Crippen LogP contribution is -2.41. The molecule has 1 N–H and O–H groups in total. The second-order valence-electron chi connectivity index (χ2n) is 20.9. The van der Waals surface area contributed by atoms with Crippen molar-refractivity contribution in [1.29, 1.82) is 0 Å². The average Bonchev–Trinajstić information content (AvgIpc) is 3.26. The summed E-state index contributed by atoms with van der Waals surface area (Å²) in [4.78, 5) is 4.91. The van der Waals surface area contributed by atoms with Gasteiger partial charge in [0.2, 0.25) is 0 Å². The first-order valence-electron chi connectivity index (χ1n) is 27.8. The molecule has 0 aromatic heterocycles. The van der Waals surface area contributed by atoms with Crippen LogP contribution >= 0.6 is 0 Å². The second-order valence-corrected chi connectivity index (χ2v) is 20.9. The topological polar surface area (TPSA) is 18.5 Å². The number of benzene rings is 13. The molecule has 1 aliphatic rings. The van der Waals surface area contributed by atoms with Crippen molar-refractivity contribution in [2.24, 2.45) is 0 Å². The molecule has 0 fully saturated rings. The Labute approximate surface area is 475 Å². The maximum atomic E-state index is 3.98. The predicted molar refractivity (Wildman–Crippen MR) is 345 cm³/mol. The number of nitrogens with one attached hydrogen (secondary N) is 1. The summed E-state index contributed by atoms with van der Waals surface area (Å²) in [6.07, 6.45) is 0. The molecule has 1 radical (unpaired) electrons. The van der Waals surface area contributed by atoms with Gasteiger partial charge in [0.1, 0.15) is 0 Å². The third-order valence-electron chi connectivity index (χ3n) is 15.8. The standard InChI is InChI=1S/C77H55BN3/c1-53-48-62(57-26-13-5-14-27-57)39-46-73(53)81-74-47-44-68(80(66-40-34-59(35-41-66)54-20-7-2-8-21-54)67-42-36-60(37-43-67)55-22-9-3-10-23-55)52-71(74)78-77-75(81)51-64-30-17-18-33-69(64)76(77)70-50-63(58-28-15-6-16-29-58)38-45-72(70)79-65-32-19-31-61(49-65)56-24-11-4-12-25-56/h2-52,79H,1H3. The molecule has 0 unspecified atom stereocenters. The van der Waals surface area contributed by atoms with Crippen LogP contribution < -0.4 is 26.0 Å². The molecule has 0 saturated heterocycles. The first-order chi connectivity index (χ1) is 40.1. The number of nitrogens with zero attached hydrogens (tertiary/aromatic N) is 2. The maximum Gasteiger partial charge on any atom is 0.198 e. The smallest absolute Gasteiger partial charge is 0.198 e. The number of fused-ring (bicyclic) bond motifs is 3. The summed E-state index contributed by atoms with van der Waals surface area (Å²) in [7, 11) is 2.45. The summed E-state index contributed by atoms with van der Waals surface area (Å²) in [6, 6.07) is 112. The Hall–Kier alpha value is -10.4. The Balaban J connectivity index is 0.981. The van der Waals surface area contributed by atoms with Crippen LogP contribution in [0.4, 0.5) is 45.5 Å². The molecule has 1 aliphatic heterocycles. The highest BCUT2D eigenvalue weighted by molar-refractivity contribution is 6.74. The first kappa shape index (κ1) is 48.9. The van der Waals surface area contributed by atoms with E-state index < -0.39 is 0 Å². The fourth-order valence-corrected chi connectivity index (χ4v) is 11.8. The lowest BCUT2D eigenvalue weighted by Gasteiger charge is -2.37. The van der Waals surface area contributed by atoms with E-state index in [0.717, 1.165) is 89.6 Å². The molecule has 0 amide bonds. The molecule has 14 rings (SSSR count). The summed E-state index contributed by atoms with van der Waals surface area (Å²) in [5.74, 6) is 0. The third-order valence-corrected chi connectivity index (χ3v) is 15.8. The molecule has 3 nitrogen and oxygen atoms in total. The number of aryl methyl sites for hydroxylation is 1. The van der Waals surface area contributed by atoms with Gasteiger partial charge in [0.15, 0.2) is 7.28 Å². The SMILES string of the molecule is Cc1cc(-c2ccccc2)ccc1N1c2ccc(N(c3ccc(-c4ccccc4)cc3)c3ccc(-c4ccccc4)cc3)cc2[B]c2c1cc1ccccc1c2-c1cc(-c2ccccc2)ccc1Nc1cccc(-c2ccccc2)c1. The first-order valence-corrected chi connectivity index (χ1v) is 27.8. The number of anilines is 8. The van der Waals surface area contributed by atoms with Crippen LogP contribution in [0.2, 0.25) is 0 Å². The van der Waals surface area contributed by atoms with E-state index in [1.807, 2.05) is 0 Å². The highest BCUT2D eigenvalue weighted by atomic mass is 15.2. The summed E-state index contributed by atoms with van der Waals surface area (Å²) in [5.41, 5.74) is 26.0. The van der Waals surface area contributed by atoms with Crippen molar-refractivity contribution < 1.29 is 0 Å². The minimum Gasteiger partial charge on any atom is -0.355 e. The van der Waals surface area contributed by atoms with Crippen molar-refractivity contribution in [3.8, 4) is 66.8 Å². The number of rotatable bonds is 12. The number of hydrogen-bond donors (Lipinski definition) is 1. The Morgan fingerprint density at radius 2 is 0.778 bits per heavy atom. The minimum absolute atomic E-state index is 1.02. The van der Waals surface area contributed by atoms with Crippen LogP contribution in [0.1, 0.15) is 5.56 Å². The Kier molecular flexibility index (Phi) is 12.9. The van der Waals surface area contributed by atoms with Gasteiger partial charge in [-0.25, -0.2) is 0 Å². The van der Waals surface area contributed by atoms with Crippen LogP contribution in [0.15, 0.2) is 309 Å². The van der Waals surface area contributed by atoms with Crippen molar-refractivity contribution in [2.75, 3.05) is 15.1 Å². The zero-order chi connectivity index (χ0) is 54.1. The van der Waals surface area contributed by atoms with Crippen molar-refractivity contribution >= 4 is 74.5 Å². The summed E-state index contributed by atoms with van der Waals surface area (Å²) in [6.45, 7) is 2.25.